The van der Waals surface area contributed by atoms with Crippen molar-refractivity contribution in [3.63, 3.8) is 0 Å². The Bertz CT molecular complexity index is 756. The van der Waals surface area contributed by atoms with Crippen LogP contribution in [0.25, 0.3) is 0 Å². The van der Waals surface area contributed by atoms with E-state index in [1.54, 1.807) is 13.8 Å². The molecular weight excluding hydrogens is 349 g/mol. The molecule has 2 aliphatic rings. The van der Waals surface area contributed by atoms with Crippen molar-refractivity contribution in [1.82, 2.24) is 4.31 Å². The normalized spacial score (nSPS) is 30.5. The molecule has 0 saturated carbocycles. The average molecular weight is 373 g/mol. The van der Waals surface area contributed by atoms with E-state index in [2.05, 4.69) is 0 Å². The highest BCUT2D eigenvalue weighted by Gasteiger charge is 2.53. The first kappa shape index (κ1) is 18.7. The predicted octanol–water partition coefficient (Wildman–Crippen LogP) is 1.19. The number of nitrogens with zero attached hydrogens (tertiary/aromatic N) is 1. The molecule has 0 unspecified atom stereocenters. The summed E-state index contributed by atoms with van der Waals surface area (Å²) in [6.07, 6.45) is -0.189. The zero-order valence-corrected chi connectivity index (χ0v) is 15.2. The molecule has 1 aromatic carbocycles. The van der Waals surface area contributed by atoms with Crippen molar-refractivity contribution >= 4 is 10.0 Å². The van der Waals surface area contributed by atoms with E-state index in [0.717, 1.165) is 6.07 Å². The minimum absolute atomic E-state index is 0.0412. The van der Waals surface area contributed by atoms with Crippen molar-refractivity contribution in [3.05, 3.63) is 29.6 Å². The molecule has 3 rings (SSSR count). The number of rotatable bonds is 2. The molecule has 0 radical (unpaired) electrons. The SMILES string of the molecule is Cc1ccc(F)cc1S(=O)(=O)N1CCC2(CC1)OCC[C@@](C)(O)[C@@H]2O. The van der Waals surface area contributed by atoms with Crippen LogP contribution in [0.15, 0.2) is 23.1 Å². The summed E-state index contributed by atoms with van der Waals surface area (Å²) in [5, 5.41) is 20.8. The molecule has 2 N–H and O–H groups in total. The van der Waals surface area contributed by atoms with Crippen LogP contribution in [0.4, 0.5) is 4.39 Å². The van der Waals surface area contributed by atoms with Crippen LogP contribution in [0.2, 0.25) is 0 Å². The van der Waals surface area contributed by atoms with Gasteiger partial charge in [0.1, 0.15) is 11.9 Å². The van der Waals surface area contributed by atoms with Crippen molar-refractivity contribution in [3.8, 4) is 0 Å². The lowest BCUT2D eigenvalue weighted by atomic mass is 9.75. The summed E-state index contributed by atoms with van der Waals surface area (Å²) >= 11 is 0. The van der Waals surface area contributed by atoms with Gasteiger partial charge in [0.2, 0.25) is 10.0 Å². The minimum Gasteiger partial charge on any atom is -0.387 e. The fraction of sp³-hybridized carbons (Fsp3) is 0.647. The third-order valence-corrected chi connectivity index (χ3v) is 7.46. The van der Waals surface area contributed by atoms with E-state index in [1.165, 1.54) is 16.4 Å². The molecule has 0 amide bonds. The molecular formula is C17H24FNO5S. The molecule has 2 heterocycles. The fourth-order valence-corrected chi connectivity index (χ4v) is 5.43. The van der Waals surface area contributed by atoms with Gasteiger partial charge in [-0.05, 0) is 44.4 Å². The van der Waals surface area contributed by atoms with E-state index in [9.17, 15) is 23.0 Å². The van der Waals surface area contributed by atoms with Gasteiger partial charge in [0, 0.05) is 19.5 Å². The second-order valence-corrected chi connectivity index (χ2v) is 9.14. The van der Waals surface area contributed by atoms with Gasteiger partial charge in [-0.15, -0.1) is 0 Å². The quantitative estimate of drug-likeness (QED) is 0.813. The van der Waals surface area contributed by atoms with Crippen LogP contribution in [0.3, 0.4) is 0 Å². The summed E-state index contributed by atoms with van der Waals surface area (Å²) in [7, 11) is -3.82. The Morgan fingerprint density at radius 2 is 1.92 bits per heavy atom. The Kier molecular flexibility index (Phi) is 4.70. The molecule has 1 aromatic rings. The molecule has 2 atom stereocenters. The third-order valence-electron chi connectivity index (χ3n) is 5.42. The first-order chi connectivity index (χ1) is 11.6. The summed E-state index contributed by atoms with van der Waals surface area (Å²) < 4.78 is 46.3. The number of halogens is 1. The second kappa shape index (κ2) is 6.28. The maximum Gasteiger partial charge on any atom is 0.243 e. The summed E-state index contributed by atoms with van der Waals surface area (Å²) in [6, 6.07) is 3.71. The molecule has 6 nitrogen and oxygen atoms in total. The van der Waals surface area contributed by atoms with Crippen molar-refractivity contribution < 1.29 is 27.8 Å². The molecule has 2 saturated heterocycles. The van der Waals surface area contributed by atoms with Gasteiger partial charge in [-0.3, -0.25) is 0 Å². The Labute approximate surface area is 147 Å². The molecule has 0 aliphatic carbocycles. The largest absolute Gasteiger partial charge is 0.387 e. The van der Waals surface area contributed by atoms with E-state index < -0.39 is 33.1 Å². The van der Waals surface area contributed by atoms with E-state index in [1.807, 2.05) is 0 Å². The Hall–Kier alpha value is -1.06. The Morgan fingerprint density at radius 1 is 1.28 bits per heavy atom. The number of aryl methyl sites for hydroxylation is 1. The van der Waals surface area contributed by atoms with Crippen molar-refractivity contribution in [2.24, 2.45) is 0 Å². The van der Waals surface area contributed by atoms with Crippen LogP contribution in [0.5, 0.6) is 0 Å². The summed E-state index contributed by atoms with van der Waals surface area (Å²) in [4.78, 5) is -0.0412. The van der Waals surface area contributed by atoms with Crippen molar-refractivity contribution in [2.45, 2.75) is 55.3 Å². The van der Waals surface area contributed by atoms with E-state index >= 15 is 0 Å². The maximum atomic E-state index is 13.5. The first-order valence-electron chi connectivity index (χ1n) is 8.39. The average Bonchev–Trinajstić information content (AvgIpc) is 2.55. The van der Waals surface area contributed by atoms with Gasteiger partial charge < -0.3 is 14.9 Å². The summed E-state index contributed by atoms with van der Waals surface area (Å²) in [5.74, 6) is -0.597. The fourth-order valence-electron chi connectivity index (χ4n) is 3.76. The van der Waals surface area contributed by atoms with Gasteiger partial charge in [0.25, 0.3) is 0 Å². The second-order valence-electron chi connectivity index (χ2n) is 7.24. The number of hydrogen-bond acceptors (Lipinski definition) is 5. The van der Waals surface area contributed by atoms with Gasteiger partial charge >= 0.3 is 0 Å². The lowest BCUT2D eigenvalue weighted by Crippen LogP contribution is -2.64. The van der Waals surface area contributed by atoms with E-state index in [-0.39, 0.29) is 30.8 Å². The molecule has 2 fully saturated rings. The zero-order valence-electron chi connectivity index (χ0n) is 14.4. The number of benzene rings is 1. The topological polar surface area (TPSA) is 87.1 Å². The summed E-state index contributed by atoms with van der Waals surface area (Å²) in [5.41, 5.74) is -1.71. The third kappa shape index (κ3) is 3.21. The zero-order chi connectivity index (χ0) is 18.5. The number of aliphatic hydroxyl groups is 2. The highest BCUT2D eigenvalue weighted by atomic mass is 32.2. The lowest BCUT2D eigenvalue weighted by molar-refractivity contribution is -0.243. The molecule has 0 bridgehead atoms. The number of sulfonamides is 1. The molecule has 140 valence electrons. The highest BCUT2D eigenvalue weighted by Crippen LogP contribution is 2.40. The lowest BCUT2D eigenvalue weighted by Gasteiger charge is -2.51. The van der Waals surface area contributed by atoms with E-state index in [0.29, 0.717) is 18.6 Å². The van der Waals surface area contributed by atoms with Crippen LogP contribution in [-0.4, -0.2) is 59.9 Å². The van der Waals surface area contributed by atoms with Crippen LogP contribution in [0.1, 0.15) is 31.7 Å². The van der Waals surface area contributed by atoms with Crippen molar-refractivity contribution in [2.75, 3.05) is 19.7 Å². The molecule has 2 aliphatic heterocycles. The molecule has 0 aromatic heterocycles. The van der Waals surface area contributed by atoms with Crippen LogP contribution < -0.4 is 0 Å². The number of aliphatic hydroxyl groups excluding tert-OH is 1. The Morgan fingerprint density at radius 3 is 2.56 bits per heavy atom. The van der Waals surface area contributed by atoms with Gasteiger partial charge in [-0.2, -0.15) is 4.31 Å². The number of ether oxygens (including phenoxy) is 1. The predicted molar refractivity (Wildman–Crippen MR) is 89.1 cm³/mol. The van der Waals surface area contributed by atoms with Crippen LogP contribution in [-0.2, 0) is 14.8 Å². The maximum absolute atomic E-state index is 13.5. The van der Waals surface area contributed by atoms with Crippen LogP contribution in [0, 0.1) is 12.7 Å². The van der Waals surface area contributed by atoms with Crippen molar-refractivity contribution in [1.29, 1.82) is 0 Å². The van der Waals surface area contributed by atoms with Gasteiger partial charge in [-0.25, -0.2) is 12.8 Å². The van der Waals surface area contributed by atoms with Crippen LogP contribution >= 0.6 is 0 Å². The van der Waals surface area contributed by atoms with Gasteiger partial charge in [0.15, 0.2) is 0 Å². The highest BCUT2D eigenvalue weighted by molar-refractivity contribution is 7.89. The standard InChI is InChI=1S/C17H24FNO5S/c1-12-3-4-13(18)11-14(12)25(22,23)19-8-5-17(6-9-19)15(20)16(2,21)7-10-24-17/h3-4,11,15,20-21H,5-10H2,1-2H3/t15-,16+/m0/s1. The number of piperidine rings is 1. The van der Waals surface area contributed by atoms with Gasteiger partial charge in [0.05, 0.1) is 22.7 Å². The summed E-state index contributed by atoms with van der Waals surface area (Å²) in [6.45, 7) is 3.81. The Balaban J connectivity index is 1.81. The first-order valence-corrected chi connectivity index (χ1v) is 9.83. The minimum atomic E-state index is -3.82. The number of hydrogen-bond donors (Lipinski definition) is 2. The van der Waals surface area contributed by atoms with Gasteiger partial charge in [-0.1, -0.05) is 6.07 Å². The molecule has 1 spiro atoms. The smallest absolute Gasteiger partial charge is 0.243 e. The molecule has 8 heteroatoms. The van der Waals surface area contributed by atoms with E-state index in [4.69, 9.17) is 4.74 Å². The monoisotopic (exact) mass is 373 g/mol. The molecule has 25 heavy (non-hydrogen) atoms.